The molecular weight excluding hydrogens is 216 g/mol. The molecule has 0 nitrogen and oxygen atoms in total. The fraction of sp³-hybridized carbons (Fsp3) is 0.111. The molecule has 2 aromatic rings. The second kappa shape index (κ2) is 5.89. The maximum absolute atomic E-state index is 5.30. The first-order valence-electron chi connectivity index (χ1n) is 6.06. The summed E-state index contributed by atoms with van der Waals surface area (Å²) >= 11 is 0. The normalized spacial score (nSPS) is 9.72. The van der Waals surface area contributed by atoms with Crippen LogP contribution in [0.25, 0.3) is 11.1 Å². The highest BCUT2D eigenvalue weighted by molar-refractivity contribution is 5.64. The van der Waals surface area contributed by atoms with Gasteiger partial charge in [-0.05, 0) is 28.7 Å². The molecule has 0 saturated carbocycles. The summed E-state index contributed by atoms with van der Waals surface area (Å²) in [7, 11) is 0. The van der Waals surface area contributed by atoms with E-state index in [2.05, 4.69) is 61.0 Å². The van der Waals surface area contributed by atoms with Crippen molar-refractivity contribution in [1.29, 1.82) is 0 Å². The zero-order valence-electron chi connectivity index (χ0n) is 10.4. The van der Waals surface area contributed by atoms with Gasteiger partial charge in [0.15, 0.2) is 0 Å². The highest BCUT2D eigenvalue weighted by atomic mass is 14.0. The predicted molar refractivity (Wildman–Crippen MR) is 78.3 cm³/mol. The summed E-state index contributed by atoms with van der Waals surface area (Å²) in [6.07, 6.45) is 8.83. The van der Waals surface area contributed by atoms with Crippen LogP contribution >= 0.6 is 0 Å². The maximum atomic E-state index is 5.30. The van der Waals surface area contributed by atoms with Gasteiger partial charge >= 0.3 is 0 Å². The van der Waals surface area contributed by atoms with Crippen LogP contribution in [0.3, 0.4) is 0 Å². The van der Waals surface area contributed by atoms with Gasteiger partial charge in [-0.1, -0.05) is 54.6 Å². The van der Waals surface area contributed by atoms with Gasteiger partial charge in [-0.25, -0.2) is 0 Å². The first-order chi connectivity index (χ1) is 8.83. The summed E-state index contributed by atoms with van der Waals surface area (Å²) in [6.45, 7) is 3.77. The molecule has 0 amide bonds. The van der Waals surface area contributed by atoms with E-state index in [4.69, 9.17) is 6.42 Å². The first kappa shape index (κ1) is 12.2. The lowest BCUT2D eigenvalue weighted by atomic mass is 10.00. The van der Waals surface area contributed by atoms with Crippen LogP contribution < -0.4 is 0 Å². The van der Waals surface area contributed by atoms with Crippen LogP contribution in [0.5, 0.6) is 0 Å². The smallest absolute Gasteiger partial charge is 0.0337 e. The van der Waals surface area contributed by atoms with Gasteiger partial charge < -0.3 is 0 Å². The molecule has 0 bridgehead atoms. The van der Waals surface area contributed by atoms with E-state index in [0.29, 0.717) is 6.42 Å². The summed E-state index contributed by atoms with van der Waals surface area (Å²) in [4.78, 5) is 0. The van der Waals surface area contributed by atoms with Gasteiger partial charge in [0.2, 0.25) is 0 Å². The lowest BCUT2D eigenvalue weighted by Crippen LogP contribution is -1.85. The van der Waals surface area contributed by atoms with Gasteiger partial charge in [0.1, 0.15) is 0 Å². The fourth-order valence-electron chi connectivity index (χ4n) is 1.98. The lowest BCUT2D eigenvalue weighted by molar-refractivity contribution is 1.28. The standard InChI is InChI=1S/C18H16/c1-3-6-15-10-12-17(13-11-15)18-9-5-8-16(14-18)7-4-2/h1,4-5,8-14H,2,6-7H2. The lowest BCUT2D eigenvalue weighted by Gasteiger charge is -2.05. The topological polar surface area (TPSA) is 0 Å². The van der Waals surface area contributed by atoms with E-state index < -0.39 is 0 Å². The Labute approximate surface area is 109 Å². The quantitative estimate of drug-likeness (QED) is 0.546. The van der Waals surface area contributed by atoms with Crippen LogP contribution in [0.2, 0.25) is 0 Å². The monoisotopic (exact) mass is 232 g/mol. The molecule has 0 fully saturated rings. The van der Waals surface area contributed by atoms with E-state index in [-0.39, 0.29) is 0 Å². The minimum atomic E-state index is 0.691. The van der Waals surface area contributed by atoms with Crippen molar-refractivity contribution >= 4 is 0 Å². The van der Waals surface area contributed by atoms with Gasteiger partial charge in [-0.15, -0.1) is 18.9 Å². The van der Waals surface area contributed by atoms with Crippen molar-refractivity contribution in [3.63, 3.8) is 0 Å². The molecule has 0 atom stereocenters. The molecule has 0 heterocycles. The third kappa shape index (κ3) is 2.90. The molecule has 0 radical (unpaired) electrons. The van der Waals surface area contributed by atoms with Crippen LogP contribution in [0.1, 0.15) is 11.1 Å². The molecular formula is C18H16. The van der Waals surface area contributed by atoms with Gasteiger partial charge in [-0.3, -0.25) is 0 Å². The van der Waals surface area contributed by atoms with Gasteiger partial charge in [0.25, 0.3) is 0 Å². The molecule has 2 rings (SSSR count). The first-order valence-corrected chi connectivity index (χ1v) is 6.06. The number of benzene rings is 2. The fourth-order valence-corrected chi connectivity index (χ4v) is 1.98. The number of hydrogen-bond donors (Lipinski definition) is 0. The largest absolute Gasteiger partial charge is 0.120 e. The molecule has 0 aliphatic heterocycles. The van der Waals surface area contributed by atoms with Crippen molar-refractivity contribution in [2.24, 2.45) is 0 Å². The number of allylic oxidation sites excluding steroid dienone is 1. The number of hydrogen-bond acceptors (Lipinski definition) is 0. The Bertz CT molecular complexity index is 568. The third-order valence-corrected chi connectivity index (χ3v) is 2.90. The van der Waals surface area contributed by atoms with Crippen LogP contribution in [-0.2, 0) is 12.8 Å². The number of terminal acetylenes is 1. The molecule has 0 spiro atoms. The predicted octanol–water partition coefficient (Wildman–Crippen LogP) is 4.26. The van der Waals surface area contributed by atoms with E-state index in [0.717, 1.165) is 6.42 Å². The molecule has 0 aliphatic rings. The average Bonchev–Trinajstić information content (AvgIpc) is 2.41. The molecule has 88 valence electrons. The minimum Gasteiger partial charge on any atom is -0.120 e. The Hall–Kier alpha value is -2.26. The van der Waals surface area contributed by atoms with Gasteiger partial charge in [0.05, 0.1) is 0 Å². The highest BCUT2D eigenvalue weighted by Crippen LogP contribution is 2.21. The molecule has 0 heteroatoms. The van der Waals surface area contributed by atoms with Crippen molar-refractivity contribution < 1.29 is 0 Å². The third-order valence-electron chi connectivity index (χ3n) is 2.90. The van der Waals surface area contributed by atoms with Crippen LogP contribution in [0.4, 0.5) is 0 Å². The van der Waals surface area contributed by atoms with Crippen molar-refractivity contribution in [2.45, 2.75) is 12.8 Å². The van der Waals surface area contributed by atoms with E-state index >= 15 is 0 Å². The molecule has 2 aromatic carbocycles. The summed E-state index contributed by atoms with van der Waals surface area (Å²) in [5.41, 5.74) is 4.93. The molecule has 0 unspecified atom stereocenters. The Morgan fingerprint density at radius 1 is 1.00 bits per heavy atom. The Kier molecular flexibility index (Phi) is 3.99. The van der Waals surface area contributed by atoms with Crippen LogP contribution in [0.15, 0.2) is 61.2 Å². The van der Waals surface area contributed by atoms with Crippen molar-refractivity contribution in [3.8, 4) is 23.5 Å². The summed E-state index contributed by atoms with van der Waals surface area (Å²) in [5, 5.41) is 0. The van der Waals surface area contributed by atoms with Crippen molar-refractivity contribution in [2.75, 3.05) is 0 Å². The summed E-state index contributed by atoms with van der Waals surface area (Å²) in [6, 6.07) is 17.0. The zero-order chi connectivity index (χ0) is 12.8. The molecule has 18 heavy (non-hydrogen) atoms. The van der Waals surface area contributed by atoms with Crippen molar-refractivity contribution in [3.05, 3.63) is 72.3 Å². The zero-order valence-corrected chi connectivity index (χ0v) is 10.4. The van der Waals surface area contributed by atoms with Gasteiger partial charge in [0, 0.05) is 6.42 Å². The van der Waals surface area contributed by atoms with Crippen molar-refractivity contribution in [1.82, 2.24) is 0 Å². The summed E-state index contributed by atoms with van der Waals surface area (Å²) < 4.78 is 0. The SMILES string of the molecule is C#CCc1ccc(-c2cccc(CC=C)c2)cc1. The van der Waals surface area contributed by atoms with E-state index in [1.54, 1.807) is 0 Å². The molecule has 0 aliphatic carbocycles. The Morgan fingerprint density at radius 3 is 2.44 bits per heavy atom. The maximum Gasteiger partial charge on any atom is 0.0337 e. The van der Waals surface area contributed by atoms with E-state index in [9.17, 15) is 0 Å². The molecule has 0 N–H and O–H groups in total. The van der Waals surface area contributed by atoms with Crippen LogP contribution in [0, 0.1) is 12.3 Å². The Morgan fingerprint density at radius 2 is 1.78 bits per heavy atom. The molecule has 0 saturated heterocycles. The summed E-state index contributed by atoms with van der Waals surface area (Å²) in [5.74, 6) is 2.66. The second-order valence-electron chi connectivity index (χ2n) is 4.27. The number of rotatable bonds is 4. The highest BCUT2D eigenvalue weighted by Gasteiger charge is 1.99. The Balaban J connectivity index is 2.28. The van der Waals surface area contributed by atoms with Crippen LogP contribution in [-0.4, -0.2) is 0 Å². The minimum absolute atomic E-state index is 0.691. The second-order valence-corrected chi connectivity index (χ2v) is 4.27. The molecule has 0 aromatic heterocycles. The van der Waals surface area contributed by atoms with Gasteiger partial charge in [-0.2, -0.15) is 0 Å². The van der Waals surface area contributed by atoms with E-state index in [1.165, 1.54) is 22.3 Å². The van der Waals surface area contributed by atoms with E-state index in [1.807, 2.05) is 6.08 Å². The average molecular weight is 232 g/mol.